The van der Waals surface area contributed by atoms with Crippen LogP contribution < -0.4 is 0 Å². The Morgan fingerprint density at radius 1 is 0.609 bits per heavy atom. The molecule has 0 amide bonds. The number of aliphatic hydroxyl groups is 1. The molecular weight excluding hydrogens is 327 g/mol. The quantitative estimate of drug-likeness (QED) is 0.241. The fraction of sp³-hybridized carbons (Fsp3) is 1.00. The van der Waals surface area contributed by atoms with Gasteiger partial charge in [-0.3, -0.25) is 9.11 Å². The van der Waals surface area contributed by atoms with Crippen LogP contribution in [0.25, 0.3) is 0 Å². The molecule has 0 aliphatic heterocycles. The molecule has 7 heteroatoms. The predicted molar refractivity (Wildman–Crippen MR) is 97.3 cm³/mol. The van der Waals surface area contributed by atoms with E-state index in [9.17, 15) is 0 Å². The zero-order valence-electron chi connectivity index (χ0n) is 15.2. The monoisotopic (exact) mass is 363 g/mol. The first-order valence-corrected chi connectivity index (χ1v) is 10.1. The Labute approximate surface area is 165 Å². The molecule has 0 saturated carbocycles. The fourth-order valence-corrected chi connectivity index (χ4v) is 2.31. The smallest absolute Gasteiger partial charge is 0.394 e. The Kier molecular flexibility index (Phi) is 28.4. The van der Waals surface area contributed by atoms with E-state index in [1.165, 1.54) is 83.5 Å². The predicted octanol–water partition coefficient (Wildman–Crippen LogP) is 4.43. The third-order valence-corrected chi connectivity index (χ3v) is 3.51. The molecule has 3 N–H and O–H groups in total. The van der Waals surface area contributed by atoms with Crippen molar-refractivity contribution in [2.45, 2.75) is 96.8 Å². The van der Waals surface area contributed by atoms with Crippen LogP contribution in [0, 0.1) is 0 Å². The summed E-state index contributed by atoms with van der Waals surface area (Å²) < 4.78 is 31.6. The minimum Gasteiger partial charge on any atom is -0.396 e. The van der Waals surface area contributed by atoms with Crippen LogP contribution in [0.2, 0.25) is 0 Å². The molecule has 23 heavy (non-hydrogen) atoms. The molecule has 5 nitrogen and oxygen atoms in total. The number of unbranched alkanes of at least 4 members (excludes halogenated alkanes) is 13. The van der Waals surface area contributed by atoms with Gasteiger partial charge in [0.15, 0.2) is 0 Å². The zero-order valence-corrected chi connectivity index (χ0v) is 18.0. The van der Waals surface area contributed by atoms with Crippen molar-refractivity contribution in [2.24, 2.45) is 0 Å². The van der Waals surface area contributed by atoms with Crippen molar-refractivity contribution in [3.8, 4) is 0 Å². The first-order chi connectivity index (χ1) is 10.4. The molecule has 0 spiro atoms. The summed E-state index contributed by atoms with van der Waals surface area (Å²) in [5.41, 5.74) is 0. The van der Waals surface area contributed by atoms with Crippen molar-refractivity contribution >= 4 is 40.0 Å². The first kappa shape index (κ1) is 28.6. The van der Waals surface area contributed by atoms with E-state index in [-0.39, 0.29) is 29.6 Å². The molecule has 0 atom stereocenters. The number of hydrogen-bond acceptors (Lipinski definition) is 3. The molecule has 0 saturated heterocycles. The summed E-state index contributed by atoms with van der Waals surface area (Å²) in [7, 11) is -4.67. The van der Waals surface area contributed by atoms with E-state index >= 15 is 0 Å². The van der Waals surface area contributed by atoms with Crippen molar-refractivity contribution in [3.63, 3.8) is 0 Å². The van der Waals surface area contributed by atoms with Gasteiger partial charge in [-0.05, 0) is 6.42 Å². The molecule has 0 aliphatic carbocycles. The van der Waals surface area contributed by atoms with Gasteiger partial charge in [-0.1, -0.05) is 90.4 Å². The van der Waals surface area contributed by atoms with Crippen LogP contribution in [0.5, 0.6) is 0 Å². The summed E-state index contributed by atoms with van der Waals surface area (Å²) in [6, 6.07) is 0. The molecule has 0 fully saturated rings. The second-order valence-electron chi connectivity index (χ2n) is 5.77. The largest absolute Gasteiger partial charge is 0.396 e. The maximum atomic E-state index is 8.74. The Balaban J connectivity index is -0.000000578. The van der Waals surface area contributed by atoms with E-state index in [0.29, 0.717) is 6.61 Å². The average molecular weight is 364 g/mol. The van der Waals surface area contributed by atoms with Crippen LogP contribution in [0.1, 0.15) is 96.8 Å². The normalized spacial score (nSPS) is 10.6. The SMILES string of the molecule is CCCCCCCCCCCCCCCCO.O=S(=O)(O)O.[Na]. The minimum atomic E-state index is -4.67. The number of rotatable bonds is 14. The zero-order chi connectivity index (χ0) is 17.1. The second-order valence-corrected chi connectivity index (χ2v) is 6.66. The summed E-state index contributed by atoms with van der Waals surface area (Å²) in [6.07, 6.45) is 19.2. The van der Waals surface area contributed by atoms with Crippen molar-refractivity contribution < 1.29 is 22.6 Å². The van der Waals surface area contributed by atoms with E-state index in [1.807, 2.05) is 0 Å². The molecule has 0 aromatic rings. The molecule has 1 radical (unpaired) electrons. The third kappa shape index (κ3) is 45.0. The van der Waals surface area contributed by atoms with Gasteiger partial charge >= 0.3 is 10.4 Å². The van der Waals surface area contributed by atoms with E-state index in [1.54, 1.807) is 0 Å². The molecule has 0 unspecified atom stereocenters. The molecule has 0 heterocycles. The fourth-order valence-electron chi connectivity index (χ4n) is 2.31. The molecule has 137 valence electrons. The van der Waals surface area contributed by atoms with Gasteiger partial charge in [0.25, 0.3) is 0 Å². The van der Waals surface area contributed by atoms with Crippen LogP contribution in [0.4, 0.5) is 0 Å². The Morgan fingerprint density at radius 3 is 1.04 bits per heavy atom. The molecule has 0 aromatic heterocycles. The average Bonchev–Trinajstić information content (AvgIpc) is 2.42. The van der Waals surface area contributed by atoms with Gasteiger partial charge in [0.2, 0.25) is 0 Å². The Bertz CT molecular complexity index is 275. The molecule has 0 aliphatic rings. The van der Waals surface area contributed by atoms with Crippen molar-refractivity contribution in [3.05, 3.63) is 0 Å². The topological polar surface area (TPSA) is 94.8 Å². The van der Waals surface area contributed by atoms with Gasteiger partial charge in [-0.15, -0.1) is 0 Å². The number of aliphatic hydroxyl groups excluding tert-OH is 1. The molecule has 0 bridgehead atoms. The maximum absolute atomic E-state index is 8.74. The van der Waals surface area contributed by atoms with E-state index in [0.717, 1.165) is 6.42 Å². The van der Waals surface area contributed by atoms with Crippen LogP contribution >= 0.6 is 0 Å². The molecule has 0 aromatic carbocycles. The van der Waals surface area contributed by atoms with Gasteiger partial charge < -0.3 is 5.11 Å². The molecule has 0 rings (SSSR count). The van der Waals surface area contributed by atoms with Gasteiger partial charge in [0.1, 0.15) is 0 Å². The van der Waals surface area contributed by atoms with Gasteiger partial charge in [0, 0.05) is 36.2 Å². The Hall–Kier alpha value is 0.830. The van der Waals surface area contributed by atoms with E-state index in [2.05, 4.69) is 6.92 Å². The van der Waals surface area contributed by atoms with E-state index in [4.69, 9.17) is 22.6 Å². The summed E-state index contributed by atoms with van der Waals surface area (Å²) in [4.78, 5) is 0. The van der Waals surface area contributed by atoms with Gasteiger partial charge in [-0.2, -0.15) is 8.42 Å². The maximum Gasteiger partial charge on any atom is 0.394 e. The van der Waals surface area contributed by atoms with Crippen molar-refractivity contribution in [1.29, 1.82) is 0 Å². The first-order valence-electron chi connectivity index (χ1n) is 8.72. The summed E-state index contributed by atoms with van der Waals surface area (Å²) in [5.74, 6) is 0. The standard InChI is InChI=1S/C16H34O.Na.H2O4S/c1-2-3-4-5-6-7-8-9-10-11-12-13-14-15-16-17;;1-5(2,3)4/h17H,2-16H2,1H3;;(H2,1,2,3,4). The summed E-state index contributed by atoms with van der Waals surface area (Å²) in [6.45, 7) is 2.65. The van der Waals surface area contributed by atoms with Crippen LogP contribution in [-0.4, -0.2) is 58.8 Å². The van der Waals surface area contributed by atoms with Crippen LogP contribution in [0.15, 0.2) is 0 Å². The van der Waals surface area contributed by atoms with Gasteiger partial charge in [-0.25, -0.2) is 0 Å². The van der Waals surface area contributed by atoms with Crippen LogP contribution in [0.3, 0.4) is 0 Å². The third-order valence-electron chi connectivity index (χ3n) is 3.51. The van der Waals surface area contributed by atoms with Crippen LogP contribution in [-0.2, 0) is 10.4 Å². The molecular formula is C16H36NaO5S. The number of hydrogen-bond donors (Lipinski definition) is 3. The summed E-state index contributed by atoms with van der Waals surface area (Å²) in [5, 5.41) is 8.64. The van der Waals surface area contributed by atoms with Gasteiger partial charge in [0.05, 0.1) is 0 Å². The van der Waals surface area contributed by atoms with Crippen molar-refractivity contribution in [2.75, 3.05) is 6.61 Å². The Morgan fingerprint density at radius 2 is 0.826 bits per heavy atom. The van der Waals surface area contributed by atoms with Crippen molar-refractivity contribution in [1.82, 2.24) is 0 Å². The van der Waals surface area contributed by atoms with E-state index < -0.39 is 10.4 Å². The second kappa shape index (κ2) is 22.8. The minimum absolute atomic E-state index is 0. The summed E-state index contributed by atoms with van der Waals surface area (Å²) >= 11 is 0.